The van der Waals surface area contributed by atoms with E-state index in [2.05, 4.69) is 79.3 Å². The van der Waals surface area contributed by atoms with Crippen molar-refractivity contribution in [1.82, 2.24) is 4.90 Å². The Morgan fingerprint density at radius 1 is 1.10 bits per heavy atom. The summed E-state index contributed by atoms with van der Waals surface area (Å²) in [5.41, 5.74) is 2.87. The van der Waals surface area contributed by atoms with Crippen LogP contribution in [0.2, 0.25) is 0 Å². The lowest BCUT2D eigenvalue weighted by molar-refractivity contribution is -0.888. The zero-order chi connectivity index (χ0) is 16.9. The Morgan fingerprint density at radius 3 is 2.05 bits per heavy atom. The molecule has 0 aromatic rings. The summed E-state index contributed by atoms with van der Waals surface area (Å²) in [4.78, 5) is 2.42. The largest absolute Gasteiger partial charge is 0.329 e. The van der Waals surface area contributed by atoms with Crippen molar-refractivity contribution in [2.45, 2.75) is 59.1 Å². The molecule has 0 amide bonds. The predicted molar refractivity (Wildman–Crippen MR) is 102 cm³/mol. The first kappa shape index (κ1) is 21.1. The second kappa shape index (κ2) is 8.12. The van der Waals surface area contributed by atoms with Gasteiger partial charge in [0.25, 0.3) is 0 Å². The SMILES string of the molecule is CC[N+](C)(C)CCCN(C)/C=S(\C)C(C)(C)CC(C)(C)C. The Bertz CT molecular complexity index is 338. The van der Waals surface area contributed by atoms with Crippen molar-refractivity contribution in [2.24, 2.45) is 5.41 Å². The highest BCUT2D eigenvalue weighted by Crippen LogP contribution is 2.39. The number of nitrogens with zero attached hydrogens (tertiary/aromatic N) is 2. The monoisotopic (exact) mass is 317 g/mol. The maximum Gasteiger partial charge on any atom is 0.0794 e. The number of hydrogen-bond donors (Lipinski definition) is 0. The van der Waals surface area contributed by atoms with Crippen LogP contribution in [0.4, 0.5) is 0 Å². The fourth-order valence-corrected chi connectivity index (χ4v) is 4.35. The summed E-state index contributed by atoms with van der Waals surface area (Å²) in [5.74, 6) is 0. The molecule has 0 fully saturated rings. The molecule has 128 valence electrons. The Kier molecular flexibility index (Phi) is 8.18. The fraction of sp³-hybridized carbons (Fsp3) is 0.944. The van der Waals surface area contributed by atoms with Gasteiger partial charge in [0.1, 0.15) is 0 Å². The van der Waals surface area contributed by atoms with Crippen molar-refractivity contribution in [1.29, 1.82) is 0 Å². The molecule has 0 aromatic carbocycles. The van der Waals surface area contributed by atoms with E-state index >= 15 is 0 Å². The second-order valence-electron chi connectivity index (χ2n) is 8.97. The van der Waals surface area contributed by atoms with E-state index in [9.17, 15) is 0 Å². The van der Waals surface area contributed by atoms with Gasteiger partial charge in [0.05, 0.1) is 27.2 Å². The van der Waals surface area contributed by atoms with Gasteiger partial charge < -0.3 is 4.48 Å². The molecule has 3 heteroatoms. The first-order valence-corrected chi connectivity index (χ1v) is 10.0. The maximum absolute atomic E-state index is 2.47. The lowest BCUT2D eigenvalue weighted by Gasteiger charge is -2.35. The van der Waals surface area contributed by atoms with E-state index in [0.29, 0.717) is 20.6 Å². The van der Waals surface area contributed by atoms with Crippen LogP contribution in [0, 0.1) is 5.41 Å². The molecule has 0 saturated carbocycles. The highest BCUT2D eigenvalue weighted by molar-refractivity contribution is 8.15. The van der Waals surface area contributed by atoms with Crippen LogP contribution in [-0.2, 0) is 0 Å². The summed E-state index contributed by atoms with van der Waals surface area (Å²) in [6.45, 7) is 17.8. The van der Waals surface area contributed by atoms with E-state index < -0.39 is 0 Å². The van der Waals surface area contributed by atoms with E-state index in [1.165, 1.54) is 32.5 Å². The second-order valence-corrected chi connectivity index (χ2v) is 11.4. The molecule has 0 aliphatic heterocycles. The third-order valence-corrected chi connectivity index (χ3v) is 6.86. The summed E-state index contributed by atoms with van der Waals surface area (Å²) in [5, 5.41) is 0. The van der Waals surface area contributed by atoms with Gasteiger partial charge in [-0.3, -0.25) is 4.90 Å². The third kappa shape index (κ3) is 9.70. The first-order chi connectivity index (χ1) is 9.29. The molecule has 0 heterocycles. The van der Waals surface area contributed by atoms with Crippen LogP contribution in [-0.4, -0.2) is 66.7 Å². The van der Waals surface area contributed by atoms with Crippen molar-refractivity contribution < 1.29 is 4.48 Å². The summed E-state index contributed by atoms with van der Waals surface area (Å²) in [6.07, 6.45) is 4.93. The van der Waals surface area contributed by atoms with Crippen molar-refractivity contribution in [3.8, 4) is 0 Å². The lowest BCUT2D eigenvalue weighted by atomic mass is 9.86. The summed E-state index contributed by atoms with van der Waals surface area (Å²) in [7, 11) is 7.19. The van der Waals surface area contributed by atoms with Crippen LogP contribution < -0.4 is 0 Å². The topological polar surface area (TPSA) is 3.24 Å². The smallest absolute Gasteiger partial charge is 0.0794 e. The molecule has 0 aliphatic rings. The highest BCUT2D eigenvalue weighted by Gasteiger charge is 2.26. The van der Waals surface area contributed by atoms with Crippen molar-refractivity contribution >= 4 is 16.0 Å². The normalized spacial score (nSPS) is 15.8. The molecule has 1 unspecified atom stereocenters. The molecule has 2 nitrogen and oxygen atoms in total. The molecule has 1 atom stereocenters. The van der Waals surface area contributed by atoms with Crippen LogP contribution >= 0.6 is 10.5 Å². The standard InChI is InChI=1S/C18H41N2S/c1-11-20(8,9)14-12-13-19(7)16-21(10)18(5,6)15-17(2,3)4/h16H,11-15H2,1-10H3/q+1. The Hall–Kier alpha value is 0.140. The quantitative estimate of drug-likeness (QED) is 0.477. The van der Waals surface area contributed by atoms with Crippen molar-refractivity contribution in [3.63, 3.8) is 0 Å². The van der Waals surface area contributed by atoms with E-state index in [1.807, 2.05) is 0 Å². The summed E-state index contributed by atoms with van der Waals surface area (Å²) in [6, 6.07) is 0. The van der Waals surface area contributed by atoms with Gasteiger partial charge >= 0.3 is 0 Å². The molecular formula is C18H41N2S+. The average Bonchev–Trinajstić information content (AvgIpc) is 2.25. The van der Waals surface area contributed by atoms with Gasteiger partial charge in [-0.25, -0.2) is 0 Å². The molecule has 0 rings (SSSR count). The predicted octanol–water partition coefficient (Wildman–Crippen LogP) is 4.28. The molecule has 0 bridgehead atoms. The fourth-order valence-electron chi connectivity index (χ4n) is 2.76. The van der Waals surface area contributed by atoms with Crippen LogP contribution in [0.25, 0.3) is 0 Å². The average molecular weight is 318 g/mol. The summed E-state index contributed by atoms with van der Waals surface area (Å²) < 4.78 is 1.51. The van der Waals surface area contributed by atoms with E-state index in [1.54, 1.807) is 0 Å². The molecule has 0 spiro atoms. The van der Waals surface area contributed by atoms with Gasteiger partial charge in [-0.2, -0.15) is 10.5 Å². The zero-order valence-corrected chi connectivity index (χ0v) is 17.2. The number of hydrogen-bond acceptors (Lipinski definition) is 0. The minimum atomic E-state index is 0.312. The van der Waals surface area contributed by atoms with Gasteiger partial charge in [0, 0.05) is 23.2 Å². The van der Waals surface area contributed by atoms with Gasteiger partial charge in [0.2, 0.25) is 0 Å². The van der Waals surface area contributed by atoms with E-state index in [4.69, 9.17) is 0 Å². The van der Waals surface area contributed by atoms with E-state index in [0.717, 1.165) is 4.48 Å². The van der Waals surface area contributed by atoms with Gasteiger partial charge in [-0.05, 0) is 32.1 Å². The minimum Gasteiger partial charge on any atom is -0.329 e. The van der Waals surface area contributed by atoms with Crippen LogP contribution in [0.3, 0.4) is 0 Å². The first-order valence-electron chi connectivity index (χ1n) is 8.31. The molecule has 0 aliphatic carbocycles. The molecule has 0 N–H and O–H groups in total. The van der Waals surface area contributed by atoms with E-state index in [-0.39, 0.29) is 0 Å². The maximum atomic E-state index is 2.47. The third-order valence-electron chi connectivity index (χ3n) is 4.30. The molecule has 0 radical (unpaired) electrons. The molecular weight excluding hydrogens is 276 g/mol. The zero-order valence-electron chi connectivity index (χ0n) is 16.4. The summed E-state index contributed by atoms with van der Waals surface area (Å²) >= 11 is 0. The van der Waals surface area contributed by atoms with Gasteiger partial charge in [0.15, 0.2) is 0 Å². The van der Waals surface area contributed by atoms with Crippen molar-refractivity contribution in [2.75, 3.05) is 47.0 Å². The minimum absolute atomic E-state index is 0.312. The van der Waals surface area contributed by atoms with Gasteiger partial charge in [-0.1, -0.05) is 34.6 Å². The Morgan fingerprint density at radius 2 is 1.62 bits per heavy atom. The molecule has 21 heavy (non-hydrogen) atoms. The van der Waals surface area contributed by atoms with Gasteiger partial charge in [-0.15, -0.1) is 0 Å². The van der Waals surface area contributed by atoms with Crippen LogP contribution in [0.1, 0.15) is 54.4 Å². The van der Waals surface area contributed by atoms with Crippen LogP contribution in [0.15, 0.2) is 0 Å². The highest BCUT2D eigenvalue weighted by atomic mass is 32.2. The van der Waals surface area contributed by atoms with Crippen LogP contribution in [0.5, 0.6) is 0 Å². The lowest BCUT2D eigenvalue weighted by Crippen LogP contribution is -2.41. The Balaban J connectivity index is 4.48. The number of quaternary nitrogens is 1. The number of rotatable bonds is 8. The molecule has 0 saturated heterocycles. The van der Waals surface area contributed by atoms with Crippen molar-refractivity contribution in [3.05, 3.63) is 0 Å². The Labute approximate surface area is 137 Å². The molecule has 0 aromatic heterocycles.